The fraction of sp³-hybridized carbons (Fsp3) is 0.0800. The molecule has 6 nitrogen and oxygen atoms in total. The Morgan fingerprint density at radius 3 is 2.50 bits per heavy atom. The maximum atomic E-state index is 13.9. The van der Waals surface area contributed by atoms with E-state index < -0.39 is 23.7 Å². The number of urea groups is 1. The molecule has 7 heteroatoms. The molecule has 1 aliphatic rings. The van der Waals surface area contributed by atoms with Crippen LogP contribution in [-0.2, 0) is 16.2 Å². The van der Waals surface area contributed by atoms with Crippen molar-refractivity contribution in [2.75, 3.05) is 4.90 Å². The van der Waals surface area contributed by atoms with Crippen LogP contribution in [-0.4, -0.2) is 17.8 Å². The number of hydrogen-bond donors (Lipinski definition) is 1. The zero-order valence-corrected chi connectivity index (χ0v) is 17.2. The molecule has 3 aromatic carbocycles. The van der Waals surface area contributed by atoms with Gasteiger partial charge in [-0.05, 0) is 42.8 Å². The van der Waals surface area contributed by atoms with E-state index >= 15 is 0 Å². The number of amides is 4. The van der Waals surface area contributed by atoms with Crippen molar-refractivity contribution >= 4 is 29.6 Å². The summed E-state index contributed by atoms with van der Waals surface area (Å²) in [5, 5.41) is 2.20. The molecule has 0 atom stereocenters. The zero-order valence-electron chi connectivity index (χ0n) is 17.2. The summed E-state index contributed by atoms with van der Waals surface area (Å²) in [5.74, 6) is -1.57. The third-order valence-electron chi connectivity index (χ3n) is 4.92. The minimum absolute atomic E-state index is 0.0269. The number of carbonyl (C=O) groups excluding carboxylic acids is 3. The number of hydrogen-bond acceptors (Lipinski definition) is 4. The molecule has 0 saturated carbocycles. The van der Waals surface area contributed by atoms with E-state index in [-0.39, 0.29) is 12.2 Å². The number of anilines is 1. The summed E-state index contributed by atoms with van der Waals surface area (Å²) in [7, 11) is 0. The molecule has 32 heavy (non-hydrogen) atoms. The number of halogens is 1. The van der Waals surface area contributed by atoms with Gasteiger partial charge < -0.3 is 4.74 Å². The predicted molar refractivity (Wildman–Crippen MR) is 117 cm³/mol. The first-order valence-electron chi connectivity index (χ1n) is 9.87. The lowest BCUT2D eigenvalue weighted by atomic mass is 10.1. The molecule has 0 unspecified atom stereocenters. The number of barbiturate groups is 1. The second-order valence-electron chi connectivity index (χ2n) is 7.21. The van der Waals surface area contributed by atoms with E-state index in [2.05, 4.69) is 5.32 Å². The van der Waals surface area contributed by atoms with Gasteiger partial charge in [0.25, 0.3) is 11.8 Å². The molecule has 1 saturated heterocycles. The van der Waals surface area contributed by atoms with Gasteiger partial charge in [0.15, 0.2) is 0 Å². The molecule has 0 spiro atoms. The van der Waals surface area contributed by atoms with Crippen molar-refractivity contribution in [1.82, 2.24) is 5.32 Å². The van der Waals surface area contributed by atoms with Crippen LogP contribution in [0.25, 0.3) is 6.08 Å². The van der Waals surface area contributed by atoms with Crippen LogP contribution in [0.15, 0.2) is 78.4 Å². The SMILES string of the molecule is Cc1cccc(N2C(=O)NC(=O)/C(=C\c3ccccc3OCc3ccccc3F)C2=O)c1. The van der Waals surface area contributed by atoms with Crippen molar-refractivity contribution in [1.29, 1.82) is 0 Å². The van der Waals surface area contributed by atoms with Crippen LogP contribution < -0.4 is 15.0 Å². The quantitative estimate of drug-likeness (QED) is 0.482. The Labute approximate surface area is 183 Å². The minimum Gasteiger partial charge on any atom is -0.488 e. The summed E-state index contributed by atoms with van der Waals surface area (Å²) in [6.45, 7) is 1.81. The molecule has 1 N–H and O–H groups in total. The van der Waals surface area contributed by atoms with Gasteiger partial charge in [-0.1, -0.05) is 48.5 Å². The number of nitrogens with one attached hydrogen (secondary N) is 1. The van der Waals surface area contributed by atoms with E-state index in [1.807, 2.05) is 13.0 Å². The van der Waals surface area contributed by atoms with E-state index in [9.17, 15) is 18.8 Å². The van der Waals surface area contributed by atoms with Crippen molar-refractivity contribution in [2.24, 2.45) is 0 Å². The van der Waals surface area contributed by atoms with Gasteiger partial charge in [0.2, 0.25) is 0 Å². The highest BCUT2D eigenvalue weighted by molar-refractivity contribution is 6.39. The molecule has 4 amide bonds. The zero-order chi connectivity index (χ0) is 22.7. The number of para-hydroxylation sites is 1. The number of imide groups is 2. The third kappa shape index (κ3) is 4.27. The van der Waals surface area contributed by atoms with Gasteiger partial charge >= 0.3 is 6.03 Å². The van der Waals surface area contributed by atoms with Crippen molar-refractivity contribution in [3.8, 4) is 5.75 Å². The molecule has 3 aromatic rings. The minimum atomic E-state index is -0.813. The summed E-state index contributed by atoms with van der Waals surface area (Å²) >= 11 is 0. The highest BCUT2D eigenvalue weighted by atomic mass is 19.1. The summed E-state index contributed by atoms with van der Waals surface area (Å²) in [5.41, 5.74) is 1.82. The molecule has 0 aliphatic carbocycles. The summed E-state index contributed by atoms with van der Waals surface area (Å²) in [4.78, 5) is 38.8. The second kappa shape index (κ2) is 8.85. The van der Waals surface area contributed by atoms with Crippen molar-refractivity contribution < 1.29 is 23.5 Å². The largest absolute Gasteiger partial charge is 0.488 e. The van der Waals surface area contributed by atoms with E-state index in [0.29, 0.717) is 22.6 Å². The number of rotatable bonds is 5. The maximum Gasteiger partial charge on any atom is 0.335 e. The molecule has 4 rings (SSSR count). The first kappa shape index (κ1) is 21.0. The Bertz CT molecular complexity index is 1250. The van der Waals surface area contributed by atoms with Gasteiger partial charge in [-0.3, -0.25) is 14.9 Å². The summed E-state index contributed by atoms with van der Waals surface area (Å²) in [6, 6.07) is 19.0. The molecule has 0 bridgehead atoms. The summed E-state index contributed by atoms with van der Waals surface area (Å²) in [6.07, 6.45) is 1.36. The van der Waals surface area contributed by atoms with Crippen LogP contribution in [0.1, 0.15) is 16.7 Å². The van der Waals surface area contributed by atoms with Crippen LogP contribution in [0.2, 0.25) is 0 Å². The van der Waals surface area contributed by atoms with Crippen LogP contribution in [0.3, 0.4) is 0 Å². The normalized spacial score (nSPS) is 15.1. The van der Waals surface area contributed by atoms with Crippen molar-refractivity contribution in [2.45, 2.75) is 13.5 Å². The van der Waals surface area contributed by atoms with E-state index in [1.165, 1.54) is 12.1 Å². The second-order valence-corrected chi connectivity index (χ2v) is 7.21. The third-order valence-corrected chi connectivity index (χ3v) is 4.92. The van der Waals surface area contributed by atoms with E-state index in [0.717, 1.165) is 10.5 Å². The topological polar surface area (TPSA) is 75.7 Å². The average molecular weight is 430 g/mol. The van der Waals surface area contributed by atoms with Crippen molar-refractivity contribution in [3.63, 3.8) is 0 Å². The number of carbonyl (C=O) groups is 3. The fourth-order valence-electron chi connectivity index (χ4n) is 3.32. The molecule has 1 aliphatic heterocycles. The molecule has 0 aromatic heterocycles. The Hall–Kier alpha value is -4.26. The Morgan fingerprint density at radius 1 is 0.969 bits per heavy atom. The number of aryl methyl sites for hydroxylation is 1. The molecule has 160 valence electrons. The Balaban J connectivity index is 1.65. The lowest BCUT2D eigenvalue weighted by Crippen LogP contribution is -2.54. The van der Waals surface area contributed by atoms with Gasteiger partial charge in [-0.25, -0.2) is 14.1 Å². The van der Waals surface area contributed by atoms with Crippen LogP contribution in [0.4, 0.5) is 14.9 Å². The maximum absolute atomic E-state index is 13.9. The first-order valence-corrected chi connectivity index (χ1v) is 9.87. The van der Waals surface area contributed by atoms with Gasteiger partial charge in [0.05, 0.1) is 5.69 Å². The van der Waals surface area contributed by atoms with E-state index in [4.69, 9.17) is 4.74 Å². The number of nitrogens with zero attached hydrogens (tertiary/aromatic N) is 1. The highest BCUT2D eigenvalue weighted by Gasteiger charge is 2.37. The van der Waals surface area contributed by atoms with Crippen LogP contribution in [0, 0.1) is 12.7 Å². The van der Waals surface area contributed by atoms with Crippen LogP contribution >= 0.6 is 0 Å². The van der Waals surface area contributed by atoms with Gasteiger partial charge in [-0.2, -0.15) is 0 Å². The molecule has 1 heterocycles. The Morgan fingerprint density at radius 2 is 1.72 bits per heavy atom. The van der Waals surface area contributed by atoms with E-state index in [1.54, 1.807) is 60.7 Å². The predicted octanol–water partition coefficient (Wildman–Crippen LogP) is 4.38. The standard InChI is InChI=1S/C25H19FN2O4/c1-16-7-6-10-19(13-16)28-24(30)20(23(29)27-25(28)31)14-17-8-3-5-12-22(17)32-15-18-9-2-4-11-21(18)26/h2-14H,15H2,1H3,(H,27,29,31)/b20-14+. The van der Waals surface area contributed by atoms with Gasteiger partial charge in [0, 0.05) is 11.1 Å². The average Bonchev–Trinajstić information content (AvgIpc) is 2.77. The molecular formula is C25H19FN2O4. The lowest BCUT2D eigenvalue weighted by molar-refractivity contribution is -0.122. The summed E-state index contributed by atoms with van der Waals surface area (Å²) < 4.78 is 19.7. The smallest absolute Gasteiger partial charge is 0.335 e. The monoisotopic (exact) mass is 430 g/mol. The number of ether oxygens (including phenoxy) is 1. The van der Waals surface area contributed by atoms with Gasteiger partial charge in [0.1, 0.15) is 23.7 Å². The van der Waals surface area contributed by atoms with Crippen molar-refractivity contribution in [3.05, 3.63) is 101 Å². The fourth-order valence-corrected chi connectivity index (χ4v) is 3.32. The lowest BCUT2D eigenvalue weighted by Gasteiger charge is -2.26. The first-order chi connectivity index (χ1) is 15.4. The van der Waals surface area contributed by atoms with Crippen LogP contribution in [0.5, 0.6) is 5.75 Å². The molecule has 0 radical (unpaired) electrons. The highest BCUT2D eigenvalue weighted by Crippen LogP contribution is 2.26. The molecule has 1 fully saturated rings. The Kier molecular flexibility index (Phi) is 5.81. The van der Waals surface area contributed by atoms with Gasteiger partial charge in [-0.15, -0.1) is 0 Å². The molecular weight excluding hydrogens is 411 g/mol. The number of benzene rings is 3.